The van der Waals surface area contributed by atoms with Gasteiger partial charge in [-0.05, 0) is 6.42 Å². The summed E-state index contributed by atoms with van der Waals surface area (Å²) in [6.45, 7) is 6.75. The topological polar surface area (TPSA) is 0 Å². The Labute approximate surface area is 161 Å². The summed E-state index contributed by atoms with van der Waals surface area (Å²) in [4.78, 5) is 0. The van der Waals surface area contributed by atoms with Crippen LogP contribution in [0.2, 0.25) is 0 Å². The average molecular weight is 367 g/mol. The number of unbranched alkanes of at least 4 members (excludes halogenated alkanes) is 15. The van der Waals surface area contributed by atoms with Crippen LogP contribution in [0.5, 0.6) is 0 Å². The Morgan fingerprint density at radius 3 is 0.783 bits per heavy atom. The van der Waals surface area contributed by atoms with E-state index in [9.17, 15) is 0 Å². The van der Waals surface area contributed by atoms with Crippen LogP contribution in [-0.4, -0.2) is 5.88 Å². The van der Waals surface area contributed by atoms with E-state index in [0.29, 0.717) is 0 Å². The van der Waals surface area contributed by atoms with Crippen molar-refractivity contribution in [2.75, 3.05) is 5.88 Å². The standard InChI is InChI=1S/C16H34.C5H11Cl.H2S/c1-3-5-7-9-11-13-15-16-14-12-10-8-6-4-2;1-2-3-4-5-6;/h3-16H2,1-2H3;2-5H2,1H3;1H2. The highest BCUT2D eigenvalue weighted by Gasteiger charge is 1.92. The van der Waals surface area contributed by atoms with E-state index in [1.165, 1.54) is 109 Å². The minimum absolute atomic E-state index is 0. The van der Waals surface area contributed by atoms with E-state index in [0.717, 1.165) is 5.88 Å². The molecule has 0 fully saturated rings. The fourth-order valence-electron chi connectivity index (χ4n) is 2.61. The molecule has 0 aliphatic heterocycles. The predicted octanol–water partition coefficient (Wildman–Crippen LogP) is 9.02. The Kier molecular flexibility index (Phi) is 37.7. The number of hydrogen-bond donors (Lipinski definition) is 0. The molecule has 0 spiro atoms. The third-order valence-electron chi connectivity index (χ3n) is 4.19. The van der Waals surface area contributed by atoms with Crippen molar-refractivity contribution < 1.29 is 0 Å². The SMILES string of the molecule is CCCCCCCCCCCCCCCC.CCCCCCl.S. The number of alkyl halides is 1. The van der Waals surface area contributed by atoms with Gasteiger partial charge in [0, 0.05) is 5.88 Å². The van der Waals surface area contributed by atoms with Crippen molar-refractivity contribution in [3.63, 3.8) is 0 Å². The minimum atomic E-state index is 0. The van der Waals surface area contributed by atoms with Crippen LogP contribution >= 0.6 is 25.1 Å². The molecule has 0 aliphatic carbocycles. The molecule has 0 aromatic heterocycles. The average Bonchev–Trinajstić information content (AvgIpc) is 2.54. The van der Waals surface area contributed by atoms with Gasteiger partial charge in [-0.15, -0.1) is 11.6 Å². The lowest BCUT2D eigenvalue weighted by atomic mass is 10.0. The van der Waals surface area contributed by atoms with Crippen molar-refractivity contribution >= 4 is 25.1 Å². The lowest BCUT2D eigenvalue weighted by Gasteiger charge is -2.02. The van der Waals surface area contributed by atoms with E-state index >= 15 is 0 Å². The van der Waals surface area contributed by atoms with E-state index in [1.807, 2.05) is 0 Å². The van der Waals surface area contributed by atoms with E-state index in [1.54, 1.807) is 0 Å². The molecule has 0 aromatic carbocycles. The Bertz CT molecular complexity index is 144. The molecule has 0 amide bonds. The summed E-state index contributed by atoms with van der Waals surface area (Å²) in [6.07, 6.45) is 24.1. The van der Waals surface area contributed by atoms with Crippen LogP contribution in [0.4, 0.5) is 0 Å². The summed E-state index contributed by atoms with van der Waals surface area (Å²) >= 11 is 5.38. The van der Waals surface area contributed by atoms with Crippen LogP contribution in [0.15, 0.2) is 0 Å². The van der Waals surface area contributed by atoms with Gasteiger partial charge in [0.1, 0.15) is 0 Å². The molecular formula is C21H47ClS. The van der Waals surface area contributed by atoms with Gasteiger partial charge in [-0.1, -0.05) is 124 Å². The monoisotopic (exact) mass is 366 g/mol. The largest absolute Gasteiger partial charge is 0.197 e. The van der Waals surface area contributed by atoms with Gasteiger partial charge in [0.25, 0.3) is 0 Å². The molecule has 0 saturated heterocycles. The molecule has 0 heterocycles. The molecule has 0 radical (unpaired) electrons. The van der Waals surface area contributed by atoms with Crippen molar-refractivity contribution in [1.82, 2.24) is 0 Å². The Morgan fingerprint density at radius 2 is 0.609 bits per heavy atom. The fraction of sp³-hybridized carbons (Fsp3) is 1.00. The molecule has 0 aromatic rings. The smallest absolute Gasteiger partial charge is 0.0223 e. The zero-order chi connectivity index (χ0) is 16.7. The van der Waals surface area contributed by atoms with Crippen LogP contribution in [0.3, 0.4) is 0 Å². The first-order valence-electron chi connectivity index (χ1n) is 10.4. The van der Waals surface area contributed by atoms with E-state index in [2.05, 4.69) is 20.8 Å². The van der Waals surface area contributed by atoms with Crippen LogP contribution in [0.25, 0.3) is 0 Å². The molecular weight excluding hydrogens is 320 g/mol. The van der Waals surface area contributed by atoms with E-state index in [4.69, 9.17) is 11.6 Å². The molecule has 144 valence electrons. The maximum absolute atomic E-state index is 5.38. The lowest BCUT2D eigenvalue weighted by Crippen LogP contribution is -1.82. The summed E-state index contributed by atoms with van der Waals surface area (Å²) in [5.41, 5.74) is 0. The molecule has 0 atom stereocenters. The van der Waals surface area contributed by atoms with Gasteiger partial charge >= 0.3 is 0 Å². The highest BCUT2D eigenvalue weighted by Crippen LogP contribution is 2.12. The normalized spacial score (nSPS) is 9.91. The number of hydrogen-bond acceptors (Lipinski definition) is 0. The second-order valence-electron chi connectivity index (χ2n) is 6.64. The molecule has 0 nitrogen and oxygen atoms in total. The molecule has 23 heavy (non-hydrogen) atoms. The van der Waals surface area contributed by atoms with Crippen molar-refractivity contribution in [1.29, 1.82) is 0 Å². The Balaban J connectivity index is -0.000000487. The quantitative estimate of drug-likeness (QED) is 0.189. The number of halogens is 1. The first-order chi connectivity index (χ1) is 10.8. The zero-order valence-electron chi connectivity index (χ0n) is 16.6. The summed E-state index contributed by atoms with van der Waals surface area (Å²) in [5.74, 6) is 0.827. The summed E-state index contributed by atoms with van der Waals surface area (Å²) in [7, 11) is 0. The number of rotatable bonds is 16. The van der Waals surface area contributed by atoms with Gasteiger partial charge in [-0.3, -0.25) is 0 Å². The van der Waals surface area contributed by atoms with Crippen LogP contribution in [0, 0.1) is 0 Å². The van der Waals surface area contributed by atoms with Gasteiger partial charge < -0.3 is 0 Å². The molecule has 0 bridgehead atoms. The van der Waals surface area contributed by atoms with Crippen molar-refractivity contribution in [3.8, 4) is 0 Å². The van der Waals surface area contributed by atoms with Crippen molar-refractivity contribution in [2.45, 2.75) is 130 Å². The van der Waals surface area contributed by atoms with Crippen molar-refractivity contribution in [2.24, 2.45) is 0 Å². The van der Waals surface area contributed by atoms with Gasteiger partial charge in [-0.2, -0.15) is 13.5 Å². The first-order valence-corrected chi connectivity index (χ1v) is 10.9. The van der Waals surface area contributed by atoms with Crippen molar-refractivity contribution in [3.05, 3.63) is 0 Å². The maximum Gasteiger partial charge on any atom is 0.0223 e. The summed E-state index contributed by atoms with van der Waals surface area (Å²) in [6, 6.07) is 0. The molecule has 0 aliphatic rings. The molecule has 0 unspecified atom stereocenters. The highest BCUT2D eigenvalue weighted by molar-refractivity contribution is 7.59. The second kappa shape index (κ2) is 30.5. The van der Waals surface area contributed by atoms with E-state index < -0.39 is 0 Å². The summed E-state index contributed by atoms with van der Waals surface area (Å²) < 4.78 is 0. The van der Waals surface area contributed by atoms with E-state index in [-0.39, 0.29) is 13.5 Å². The first kappa shape index (κ1) is 28.4. The zero-order valence-corrected chi connectivity index (χ0v) is 18.4. The lowest BCUT2D eigenvalue weighted by molar-refractivity contribution is 0.538. The molecule has 0 saturated carbocycles. The van der Waals surface area contributed by atoms with Gasteiger partial charge in [0.15, 0.2) is 0 Å². The maximum atomic E-state index is 5.38. The van der Waals surface area contributed by atoms with Crippen LogP contribution in [-0.2, 0) is 0 Å². The third kappa shape index (κ3) is 34.8. The second-order valence-corrected chi connectivity index (χ2v) is 7.02. The highest BCUT2D eigenvalue weighted by atomic mass is 35.5. The molecule has 0 rings (SSSR count). The summed E-state index contributed by atoms with van der Waals surface area (Å²) in [5, 5.41) is 0. The third-order valence-corrected chi connectivity index (χ3v) is 4.46. The van der Waals surface area contributed by atoms with Gasteiger partial charge in [-0.25, -0.2) is 0 Å². The molecule has 0 N–H and O–H groups in total. The Hall–Kier alpha value is 0.640. The fourth-order valence-corrected chi connectivity index (χ4v) is 2.80. The molecule has 2 heteroatoms. The minimum Gasteiger partial charge on any atom is -0.197 e. The van der Waals surface area contributed by atoms with Crippen LogP contribution < -0.4 is 0 Å². The Morgan fingerprint density at radius 1 is 0.391 bits per heavy atom. The van der Waals surface area contributed by atoms with Crippen LogP contribution in [0.1, 0.15) is 130 Å². The van der Waals surface area contributed by atoms with Gasteiger partial charge in [0.2, 0.25) is 0 Å². The van der Waals surface area contributed by atoms with Gasteiger partial charge in [0.05, 0.1) is 0 Å². The predicted molar refractivity (Wildman–Crippen MR) is 117 cm³/mol.